The molecular formula is C12H16N4O2S3. The van der Waals surface area contributed by atoms with E-state index in [1.165, 1.54) is 4.31 Å². The van der Waals surface area contributed by atoms with Crippen LogP contribution in [-0.2, 0) is 10.2 Å². The molecule has 0 amide bonds. The van der Waals surface area contributed by atoms with Gasteiger partial charge in [0.1, 0.15) is 0 Å². The van der Waals surface area contributed by atoms with Gasteiger partial charge in [0.15, 0.2) is 4.34 Å². The summed E-state index contributed by atoms with van der Waals surface area (Å²) in [6.45, 7) is 2.36. The fourth-order valence-corrected chi connectivity index (χ4v) is 4.90. The highest BCUT2D eigenvalue weighted by Gasteiger charge is 2.23. The number of hydrogen-bond donors (Lipinski definition) is 2. The number of thiazole rings is 1. The Labute approximate surface area is 132 Å². The van der Waals surface area contributed by atoms with Gasteiger partial charge in [-0.15, -0.1) is 11.3 Å². The number of aromatic nitrogens is 1. The molecule has 2 aromatic rings. The molecular weight excluding hydrogens is 328 g/mol. The Balaban J connectivity index is 1.83. The van der Waals surface area contributed by atoms with Gasteiger partial charge in [0, 0.05) is 26.2 Å². The van der Waals surface area contributed by atoms with Crippen LogP contribution in [0.15, 0.2) is 22.5 Å². The van der Waals surface area contributed by atoms with Crippen molar-refractivity contribution in [3.05, 3.63) is 18.2 Å². The van der Waals surface area contributed by atoms with Gasteiger partial charge in [-0.2, -0.15) is 12.7 Å². The van der Waals surface area contributed by atoms with E-state index in [-0.39, 0.29) is 0 Å². The Kier molecular flexibility index (Phi) is 4.36. The van der Waals surface area contributed by atoms with Crippen molar-refractivity contribution in [1.29, 1.82) is 0 Å². The van der Waals surface area contributed by atoms with Crippen LogP contribution >= 0.6 is 23.1 Å². The molecule has 0 radical (unpaired) electrons. The van der Waals surface area contributed by atoms with Crippen LogP contribution in [0, 0.1) is 0 Å². The van der Waals surface area contributed by atoms with E-state index in [4.69, 9.17) is 0 Å². The Morgan fingerprint density at radius 1 is 1.38 bits per heavy atom. The van der Waals surface area contributed by atoms with Crippen molar-refractivity contribution < 1.29 is 8.42 Å². The lowest BCUT2D eigenvalue weighted by Crippen LogP contribution is -2.48. The molecule has 0 bridgehead atoms. The molecule has 0 saturated carbocycles. The first-order valence-corrected chi connectivity index (χ1v) is 10.00. The first-order valence-electron chi connectivity index (χ1n) is 6.52. The van der Waals surface area contributed by atoms with Crippen molar-refractivity contribution >= 4 is 49.2 Å². The second-order valence-electron chi connectivity index (χ2n) is 4.62. The summed E-state index contributed by atoms with van der Waals surface area (Å²) in [5, 5.41) is 3.14. The molecule has 1 saturated heterocycles. The van der Waals surface area contributed by atoms with Crippen LogP contribution in [-0.4, -0.2) is 50.1 Å². The van der Waals surface area contributed by atoms with Gasteiger partial charge in [0.2, 0.25) is 0 Å². The van der Waals surface area contributed by atoms with E-state index < -0.39 is 10.2 Å². The summed E-state index contributed by atoms with van der Waals surface area (Å²) in [4.78, 5) is 4.44. The van der Waals surface area contributed by atoms with Gasteiger partial charge in [0.05, 0.1) is 15.9 Å². The fourth-order valence-electron chi connectivity index (χ4n) is 2.15. The zero-order valence-corrected chi connectivity index (χ0v) is 13.9. The van der Waals surface area contributed by atoms with E-state index in [2.05, 4.69) is 15.0 Å². The summed E-state index contributed by atoms with van der Waals surface area (Å²) in [6.07, 6.45) is 1.98. The predicted molar refractivity (Wildman–Crippen MR) is 88.4 cm³/mol. The molecule has 1 fully saturated rings. The lowest BCUT2D eigenvalue weighted by molar-refractivity contribution is 0.362. The van der Waals surface area contributed by atoms with Crippen molar-refractivity contribution in [3.63, 3.8) is 0 Å². The number of piperazine rings is 1. The van der Waals surface area contributed by atoms with E-state index >= 15 is 0 Å². The highest BCUT2D eigenvalue weighted by atomic mass is 32.2. The third kappa shape index (κ3) is 3.32. The number of thioether (sulfide) groups is 1. The number of nitrogens with zero attached hydrogens (tertiary/aromatic N) is 2. The quantitative estimate of drug-likeness (QED) is 0.824. The van der Waals surface area contributed by atoms with Crippen molar-refractivity contribution in [2.24, 2.45) is 0 Å². The third-order valence-corrected chi connectivity index (χ3v) is 6.75. The molecule has 3 rings (SSSR count). The van der Waals surface area contributed by atoms with Gasteiger partial charge in [-0.3, -0.25) is 4.72 Å². The van der Waals surface area contributed by atoms with E-state index in [1.807, 2.05) is 18.4 Å². The molecule has 2 N–H and O–H groups in total. The zero-order valence-electron chi connectivity index (χ0n) is 11.5. The van der Waals surface area contributed by atoms with Crippen LogP contribution in [0.25, 0.3) is 10.2 Å². The maximum Gasteiger partial charge on any atom is 0.301 e. The van der Waals surface area contributed by atoms with Crippen LogP contribution < -0.4 is 10.0 Å². The molecule has 9 heteroatoms. The summed E-state index contributed by atoms with van der Waals surface area (Å²) in [6, 6.07) is 5.44. The summed E-state index contributed by atoms with van der Waals surface area (Å²) in [7, 11) is -3.48. The summed E-state index contributed by atoms with van der Waals surface area (Å²) >= 11 is 3.16. The van der Waals surface area contributed by atoms with E-state index in [0.29, 0.717) is 31.9 Å². The molecule has 1 aromatic carbocycles. The molecule has 21 heavy (non-hydrogen) atoms. The average molecular weight is 344 g/mol. The maximum atomic E-state index is 12.3. The van der Waals surface area contributed by atoms with Crippen LogP contribution in [0.1, 0.15) is 0 Å². The fraction of sp³-hybridized carbons (Fsp3) is 0.417. The Hall–Kier alpha value is -0.870. The lowest BCUT2D eigenvalue weighted by atomic mass is 10.3. The predicted octanol–water partition coefficient (Wildman–Crippen LogP) is 1.58. The number of hydrogen-bond acceptors (Lipinski definition) is 6. The molecule has 1 aromatic heterocycles. The van der Waals surface area contributed by atoms with Crippen LogP contribution in [0.3, 0.4) is 0 Å². The monoisotopic (exact) mass is 344 g/mol. The highest BCUT2D eigenvalue weighted by Crippen LogP contribution is 2.30. The molecule has 0 aliphatic carbocycles. The highest BCUT2D eigenvalue weighted by molar-refractivity contribution is 8.00. The lowest BCUT2D eigenvalue weighted by Gasteiger charge is -2.26. The van der Waals surface area contributed by atoms with Crippen LogP contribution in [0.2, 0.25) is 0 Å². The molecule has 1 aliphatic heterocycles. The number of benzene rings is 1. The van der Waals surface area contributed by atoms with Crippen LogP contribution in [0.5, 0.6) is 0 Å². The van der Waals surface area contributed by atoms with Crippen molar-refractivity contribution in [3.8, 4) is 0 Å². The Bertz CT molecular complexity index is 738. The van der Waals surface area contributed by atoms with Crippen molar-refractivity contribution in [2.75, 3.05) is 37.2 Å². The summed E-state index contributed by atoms with van der Waals surface area (Å²) < 4.78 is 30.7. The number of rotatable bonds is 4. The maximum absolute atomic E-state index is 12.3. The number of nitrogens with one attached hydrogen (secondary N) is 2. The molecule has 0 atom stereocenters. The van der Waals surface area contributed by atoms with E-state index in [0.717, 1.165) is 14.6 Å². The molecule has 114 valence electrons. The second-order valence-corrected chi connectivity index (χ2v) is 8.38. The van der Waals surface area contributed by atoms with Crippen molar-refractivity contribution in [1.82, 2.24) is 14.6 Å². The molecule has 1 aliphatic rings. The minimum absolute atomic E-state index is 0.495. The van der Waals surface area contributed by atoms with Gasteiger partial charge in [-0.25, -0.2) is 4.98 Å². The summed E-state index contributed by atoms with van der Waals surface area (Å²) in [5.41, 5.74) is 1.48. The minimum Gasteiger partial charge on any atom is -0.314 e. The van der Waals surface area contributed by atoms with Crippen LogP contribution in [0.4, 0.5) is 5.69 Å². The van der Waals surface area contributed by atoms with Gasteiger partial charge in [0.25, 0.3) is 0 Å². The second kappa shape index (κ2) is 6.09. The molecule has 6 nitrogen and oxygen atoms in total. The zero-order chi connectivity index (χ0) is 14.9. The number of fused-ring (bicyclic) bond motifs is 1. The topological polar surface area (TPSA) is 74.3 Å². The first kappa shape index (κ1) is 15.0. The van der Waals surface area contributed by atoms with Gasteiger partial charge < -0.3 is 5.32 Å². The smallest absolute Gasteiger partial charge is 0.301 e. The Morgan fingerprint density at radius 2 is 2.14 bits per heavy atom. The Morgan fingerprint density at radius 3 is 2.86 bits per heavy atom. The normalized spacial score (nSPS) is 17.2. The van der Waals surface area contributed by atoms with Gasteiger partial charge in [-0.1, -0.05) is 11.8 Å². The molecule has 0 spiro atoms. The third-order valence-electron chi connectivity index (χ3n) is 3.21. The number of anilines is 1. The summed E-state index contributed by atoms with van der Waals surface area (Å²) in [5.74, 6) is 0. The molecule has 0 unspecified atom stereocenters. The minimum atomic E-state index is -3.48. The first-order chi connectivity index (χ1) is 10.1. The largest absolute Gasteiger partial charge is 0.314 e. The van der Waals surface area contributed by atoms with Gasteiger partial charge >= 0.3 is 10.2 Å². The van der Waals surface area contributed by atoms with E-state index in [9.17, 15) is 8.42 Å². The standard InChI is InChI=1S/C12H16N4O2S3/c1-19-12-14-10-3-2-9(8-11(10)20-12)15-21(17,18)16-6-4-13-5-7-16/h2-3,8,13,15H,4-7H2,1H3. The SMILES string of the molecule is CSc1nc2ccc(NS(=O)(=O)N3CCNCC3)cc2s1. The van der Waals surface area contributed by atoms with Gasteiger partial charge in [-0.05, 0) is 24.5 Å². The average Bonchev–Trinajstić information content (AvgIpc) is 2.90. The molecule has 2 heterocycles. The van der Waals surface area contributed by atoms with E-state index in [1.54, 1.807) is 29.2 Å². The van der Waals surface area contributed by atoms with Crippen molar-refractivity contribution in [2.45, 2.75) is 4.34 Å².